The van der Waals surface area contributed by atoms with Crippen LogP contribution >= 0.6 is 11.8 Å². The Hall–Kier alpha value is -2.83. The molecule has 0 amide bonds. The van der Waals surface area contributed by atoms with Crippen LogP contribution in [-0.2, 0) is 21.5 Å². The van der Waals surface area contributed by atoms with Crippen LogP contribution < -0.4 is 4.90 Å². The minimum Gasteiger partial charge on any atom is -0.481 e. The molecular weight excluding hydrogens is 444 g/mol. The maximum Gasteiger partial charge on any atom is 0.307 e. The first-order chi connectivity index (χ1) is 16.4. The summed E-state index contributed by atoms with van der Waals surface area (Å²) in [5.41, 5.74) is 8.28. The number of carbonyl (C=O) groups is 1. The fourth-order valence-corrected chi connectivity index (χ4v) is 7.70. The second kappa shape index (κ2) is 7.09. The molecule has 0 radical (unpaired) electrons. The van der Waals surface area contributed by atoms with Gasteiger partial charge in [-0.2, -0.15) is 4.58 Å². The highest BCUT2D eigenvalue weighted by Crippen LogP contribution is 2.52. The third-order valence-corrected chi connectivity index (χ3v) is 9.13. The smallest absolute Gasteiger partial charge is 0.307 e. The van der Waals surface area contributed by atoms with Crippen LogP contribution in [0.15, 0.2) is 69.7 Å². The van der Waals surface area contributed by atoms with Crippen LogP contribution in [0.1, 0.15) is 49.8 Å². The van der Waals surface area contributed by atoms with E-state index in [0.717, 1.165) is 31.4 Å². The summed E-state index contributed by atoms with van der Waals surface area (Å²) in [5.74, 6) is -0.791. The molecule has 0 saturated carbocycles. The summed E-state index contributed by atoms with van der Waals surface area (Å²) in [7, 11) is 0. The van der Waals surface area contributed by atoms with Crippen molar-refractivity contribution in [3.8, 4) is 0 Å². The average Bonchev–Trinajstić information content (AvgIpc) is 3.31. The van der Waals surface area contributed by atoms with Crippen LogP contribution in [0.25, 0.3) is 0 Å². The number of ether oxygens (including phenoxy) is 1. The number of benzene rings is 2. The molecule has 5 heterocycles. The van der Waals surface area contributed by atoms with E-state index < -0.39 is 5.97 Å². The largest absolute Gasteiger partial charge is 0.481 e. The molecule has 1 N–H and O–H groups in total. The summed E-state index contributed by atoms with van der Waals surface area (Å²) in [6, 6.07) is 14.9. The van der Waals surface area contributed by atoms with Gasteiger partial charge >= 0.3 is 5.97 Å². The van der Waals surface area contributed by atoms with Gasteiger partial charge in [-0.1, -0.05) is 30.0 Å². The van der Waals surface area contributed by atoms with Crippen molar-refractivity contribution < 1.29 is 19.2 Å². The van der Waals surface area contributed by atoms with Crippen molar-refractivity contribution in [2.24, 2.45) is 0 Å². The first kappa shape index (κ1) is 20.5. The lowest BCUT2D eigenvalue weighted by atomic mass is 9.89. The van der Waals surface area contributed by atoms with Gasteiger partial charge < -0.3 is 14.7 Å². The van der Waals surface area contributed by atoms with Crippen molar-refractivity contribution in [1.29, 1.82) is 0 Å². The van der Waals surface area contributed by atoms with E-state index in [4.69, 9.17) is 4.74 Å². The molecule has 5 nitrogen and oxygen atoms in total. The molecule has 7 rings (SSSR count). The molecule has 2 aromatic rings. The van der Waals surface area contributed by atoms with Crippen LogP contribution in [0.4, 0.5) is 5.69 Å². The highest BCUT2D eigenvalue weighted by Gasteiger charge is 2.53. The minimum atomic E-state index is -0.791. The Morgan fingerprint density at radius 1 is 1.21 bits per heavy atom. The molecule has 2 aromatic carbocycles. The summed E-state index contributed by atoms with van der Waals surface area (Å²) in [5, 5.41) is 10.6. The molecule has 2 atom stereocenters. The number of aliphatic carboxylic acids is 1. The van der Waals surface area contributed by atoms with E-state index in [9.17, 15) is 9.90 Å². The van der Waals surface area contributed by atoms with Crippen molar-refractivity contribution in [2.45, 2.75) is 62.2 Å². The minimum absolute atomic E-state index is 0.0542. The van der Waals surface area contributed by atoms with E-state index in [-0.39, 0.29) is 24.2 Å². The van der Waals surface area contributed by atoms with Crippen molar-refractivity contribution in [1.82, 2.24) is 0 Å². The van der Waals surface area contributed by atoms with Crippen LogP contribution in [0.5, 0.6) is 0 Å². The lowest BCUT2D eigenvalue weighted by molar-refractivity contribution is -0.573. The van der Waals surface area contributed by atoms with Crippen molar-refractivity contribution in [3.05, 3.63) is 81.5 Å². The topological polar surface area (TPSA) is 52.8 Å². The molecule has 0 aromatic heterocycles. The maximum atomic E-state index is 11.3. The number of thioether (sulfide) groups is 1. The van der Waals surface area contributed by atoms with Gasteiger partial charge in [0.15, 0.2) is 11.3 Å². The zero-order valence-corrected chi connectivity index (χ0v) is 20.2. The summed E-state index contributed by atoms with van der Waals surface area (Å²) in [4.78, 5) is 15.1. The molecular formula is C28H27N2O3S+. The lowest BCUT2D eigenvalue weighted by Crippen LogP contribution is -2.45. The first-order valence-electron chi connectivity index (χ1n) is 12.1. The summed E-state index contributed by atoms with van der Waals surface area (Å²) >= 11 is 1.87. The van der Waals surface area contributed by atoms with Gasteiger partial charge in [0.1, 0.15) is 6.10 Å². The molecule has 2 unspecified atom stereocenters. The number of hydrogen-bond donors (Lipinski definition) is 1. The fourth-order valence-electron chi connectivity index (χ4n) is 6.46. The quantitative estimate of drug-likeness (QED) is 0.622. The predicted molar refractivity (Wildman–Crippen MR) is 132 cm³/mol. The molecule has 0 saturated heterocycles. The Balaban J connectivity index is 1.35. The molecule has 6 heteroatoms. The molecule has 172 valence electrons. The summed E-state index contributed by atoms with van der Waals surface area (Å²) in [6.07, 6.45) is 5.70. The molecule has 5 aliphatic heterocycles. The average molecular weight is 472 g/mol. The van der Waals surface area contributed by atoms with Gasteiger partial charge in [-0.15, -0.1) is 0 Å². The van der Waals surface area contributed by atoms with Crippen LogP contribution in [-0.4, -0.2) is 40.1 Å². The van der Waals surface area contributed by atoms with Gasteiger partial charge in [-0.25, -0.2) is 0 Å². The van der Waals surface area contributed by atoms with Crippen LogP contribution in [0, 0.1) is 0 Å². The van der Waals surface area contributed by atoms with Gasteiger partial charge in [-0.3, -0.25) is 4.79 Å². The number of hydrogen-bond acceptors (Lipinski definition) is 4. The third kappa shape index (κ3) is 2.78. The molecule has 0 bridgehead atoms. The number of carboxylic acids is 1. The second-order valence-electron chi connectivity index (χ2n) is 10.3. The van der Waals surface area contributed by atoms with E-state index in [1.54, 1.807) is 0 Å². The first-order valence-corrected chi connectivity index (χ1v) is 12.9. The number of para-hydroxylation sites is 1. The molecule has 34 heavy (non-hydrogen) atoms. The van der Waals surface area contributed by atoms with Gasteiger partial charge in [-0.05, 0) is 42.7 Å². The van der Waals surface area contributed by atoms with E-state index in [1.807, 2.05) is 17.8 Å². The Morgan fingerprint density at radius 3 is 2.91 bits per heavy atom. The van der Waals surface area contributed by atoms with Gasteiger partial charge in [0.2, 0.25) is 5.70 Å². The highest BCUT2D eigenvalue weighted by molar-refractivity contribution is 8.03. The SMILES string of the molecule is CC1(C)c2cc(CC(=O)O)ccc2C2=[N+]1C1=CC3=C4Sc5ccccc5N4CCC3OC1CC2. The van der Waals surface area contributed by atoms with Crippen molar-refractivity contribution in [2.75, 3.05) is 11.4 Å². The summed E-state index contributed by atoms with van der Waals surface area (Å²) in [6.45, 7) is 5.50. The van der Waals surface area contributed by atoms with Crippen molar-refractivity contribution >= 4 is 29.1 Å². The van der Waals surface area contributed by atoms with E-state index >= 15 is 0 Å². The van der Waals surface area contributed by atoms with Gasteiger partial charge in [0.05, 0.1) is 28.8 Å². The Labute approximate surface area is 203 Å². The normalized spacial score (nSPS) is 25.7. The second-order valence-corrected chi connectivity index (χ2v) is 11.3. The fraction of sp³-hybridized carbons (Fsp3) is 0.357. The van der Waals surface area contributed by atoms with Crippen LogP contribution in [0.3, 0.4) is 0 Å². The molecule has 0 spiro atoms. The maximum absolute atomic E-state index is 11.3. The lowest BCUT2D eigenvalue weighted by Gasteiger charge is -2.39. The number of rotatable bonds is 2. The van der Waals surface area contributed by atoms with Crippen LogP contribution in [0.2, 0.25) is 0 Å². The number of carboxylic acid groups (broad SMARTS) is 1. The highest BCUT2D eigenvalue weighted by atomic mass is 32.2. The monoisotopic (exact) mass is 471 g/mol. The zero-order valence-electron chi connectivity index (χ0n) is 19.4. The molecule has 5 aliphatic rings. The number of fused-ring (bicyclic) bond motifs is 8. The Kier molecular flexibility index (Phi) is 4.28. The summed E-state index contributed by atoms with van der Waals surface area (Å²) < 4.78 is 9.27. The predicted octanol–water partition coefficient (Wildman–Crippen LogP) is 5.04. The number of nitrogens with zero attached hydrogens (tertiary/aromatic N) is 2. The van der Waals surface area contributed by atoms with E-state index in [2.05, 4.69) is 65.8 Å². The molecule has 0 fully saturated rings. The zero-order chi connectivity index (χ0) is 23.2. The van der Waals surface area contributed by atoms with Gasteiger partial charge in [0, 0.05) is 48.9 Å². The standard InChI is InChI=1S/C28H26N2O3S/c1-28(2)19-13-16(14-26(31)32)7-8-17(19)20-9-10-24-22(30(20)28)15-18-23(33-24)11-12-29-21-5-3-4-6-25(21)34-27(18)29/h3-8,13,15,23-24H,9-12,14H2,1-2H3/p+1. The molecule has 0 aliphatic carbocycles. The van der Waals surface area contributed by atoms with E-state index in [1.165, 1.54) is 43.7 Å². The third-order valence-electron chi connectivity index (χ3n) is 7.92. The van der Waals surface area contributed by atoms with Crippen molar-refractivity contribution in [3.63, 3.8) is 0 Å². The van der Waals surface area contributed by atoms with Gasteiger partial charge in [0.25, 0.3) is 0 Å². The Morgan fingerprint density at radius 2 is 2.06 bits per heavy atom. The Bertz CT molecular complexity index is 1370. The van der Waals surface area contributed by atoms with E-state index in [0.29, 0.717) is 0 Å². The number of anilines is 1.